The summed E-state index contributed by atoms with van der Waals surface area (Å²) in [6, 6.07) is 17.6. The van der Waals surface area contributed by atoms with Crippen LogP contribution in [0.2, 0.25) is 0 Å². The van der Waals surface area contributed by atoms with Crippen molar-refractivity contribution in [2.75, 3.05) is 12.9 Å². The van der Waals surface area contributed by atoms with Gasteiger partial charge in [0, 0.05) is 11.3 Å². The summed E-state index contributed by atoms with van der Waals surface area (Å²) in [5, 5.41) is 13.4. The van der Waals surface area contributed by atoms with Gasteiger partial charge in [0.15, 0.2) is 0 Å². The van der Waals surface area contributed by atoms with E-state index in [1.54, 1.807) is 11.8 Å². The molecule has 0 fully saturated rings. The molecular weight excluding hydrogens is 278 g/mol. The molecule has 0 bridgehead atoms. The van der Waals surface area contributed by atoms with Gasteiger partial charge in [-0.2, -0.15) is 11.8 Å². The lowest BCUT2D eigenvalue weighted by molar-refractivity contribution is 0.273. The van der Waals surface area contributed by atoms with Gasteiger partial charge in [0.2, 0.25) is 0 Å². The maximum Gasteiger partial charge on any atom is 0.0591 e. The van der Waals surface area contributed by atoms with Crippen molar-refractivity contribution in [1.82, 2.24) is 5.32 Å². The molecule has 2 N–H and O–H groups in total. The number of aliphatic hydroxyl groups excluding tert-OH is 1. The van der Waals surface area contributed by atoms with Gasteiger partial charge < -0.3 is 10.4 Å². The molecule has 0 amide bonds. The summed E-state index contributed by atoms with van der Waals surface area (Å²) in [5.41, 5.74) is 5.32. The van der Waals surface area contributed by atoms with Crippen LogP contribution < -0.4 is 5.32 Å². The molecule has 2 aromatic carbocycles. The van der Waals surface area contributed by atoms with Crippen LogP contribution in [0.4, 0.5) is 0 Å². The highest BCUT2D eigenvalue weighted by atomic mass is 32.2. The lowest BCUT2D eigenvalue weighted by atomic mass is 10.0. The quantitative estimate of drug-likeness (QED) is 0.887. The second-order valence-electron chi connectivity index (χ2n) is 5.52. The van der Waals surface area contributed by atoms with Gasteiger partial charge in [-0.15, -0.1) is 0 Å². The van der Waals surface area contributed by atoms with Crippen molar-refractivity contribution in [2.24, 2.45) is 0 Å². The number of benzene rings is 2. The van der Waals surface area contributed by atoms with Gasteiger partial charge in [-0.25, -0.2) is 0 Å². The maximum absolute atomic E-state index is 9.50. The summed E-state index contributed by atoms with van der Waals surface area (Å²) in [4.78, 5) is 0. The fourth-order valence-corrected chi connectivity index (χ4v) is 3.78. The zero-order valence-corrected chi connectivity index (χ0v) is 13.2. The molecule has 0 saturated heterocycles. The fraction of sp³-hybridized carbons (Fsp3) is 0.333. The van der Waals surface area contributed by atoms with E-state index in [-0.39, 0.29) is 23.9 Å². The molecule has 2 unspecified atom stereocenters. The van der Waals surface area contributed by atoms with E-state index >= 15 is 0 Å². The molecule has 0 saturated carbocycles. The van der Waals surface area contributed by atoms with E-state index in [0.717, 1.165) is 0 Å². The van der Waals surface area contributed by atoms with Gasteiger partial charge in [-0.05, 0) is 35.4 Å². The number of thioether (sulfide) groups is 1. The Balaban J connectivity index is 1.95. The summed E-state index contributed by atoms with van der Waals surface area (Å²) >= 11 is 1.71. The van der Waals surface area contributed by atoms with Crippen molar-refractivity contribution < 1.29 is 5.11 Å². The van der Waals surface area contributed by atoms with Gasteiger partial charge >= 0.3 is 0 Å². The first-order valence-electron chi connectivity index (χ1n) is 7.34. The first-order valence-corrected chi connectivity index (χ1v) is 8.63. The first-order chi connectivity index (χ1) is 10.3. The molecule has 0 spiro atoms. The second-order valence-corrected chi connectivity index (χ2v) is 6.60. The van der Waals surface area contributed by atoms with Crippen LogP contribution in [0, 0.1) is 0 Å². The fourth-order valence-electron chi connectivity index (χ4n) is 3.14. The number of nitrogens with one attached hydrogen (secondary N) is 1. The van der Waals surface area contributed by atoms with Crippen LogP contribution in [0.3, 0.4) is 0 Å². The van der Waals surface area contributed by atoms with Crippen LogP contribution in [0.1, 0.15) is 24.1 Å². The van der Waals surface area contributed by atoms with Crippen LogP contribution in [-0.4, -0.2) is 29.3 Å². The highest BCUT2D eigenvalue weighted by Crippen LogP contribution is 2.43. The molecule has 2 atom stereocenters. The Morgan fingerprint density at radius 1 is 1.05 bits per heavy atom. The van der Waals surface area contributed by atoms with Crippen molar-refractivity contribution in [3.05, 3.63) is 59.7 Å². The zero-order chi connectivity index (χ0) is 14.8. The number of hydrogen-bond acceptors (Lipinski definition) is 3. The molecular formula is C18H21NOS. The molecule has 1 aliphatic carbocycles. The lowest BCUT2D eigenvalue weighted by Crippen LogP contribution is -2.39. The van der Waals surface area contributed by atoms with E-state index in [1.807, 2.05) is 0 Å². The summed E-state index contributed by atoms with van der Waals surface area (Å²) in [5.74, 6) is 0. The minimum atomic E-state index is 0.200. The molecule has 0 aliphatic heterocycles. The molecule has 21 heavy (non-hydrogen) atoms. The van der Waals surface area contributed by atoms with E-state index in [1.165, 1.54) is 22.3 Å². The molecule has 1 aliphatic rings. The Kier molecular flexibility index (Phi) is 4.34. The monoisotopic (exact) mass is 299 g/mol. The first kappa shape index (κ1) is 14.6. The van der Waals surface area contributed by atoms with Crippen molar-refractivity contribution >= 4 is 11.8 Å². The Hall–Kier alpha value is -1.29. The van der Waals surface area contributed by atoms with Crippen LogP contribution in [-0.2, 0) is 0 Å². The Bertz CT molecular complexity index is 579. The smallest absolute Gasteiger partial charge is 0.0591 e. The average molecular weight is 299 g/mol. The number of fused-ring (bicyclic) bond motifs is 3. The standard InChI is InChI=1S/C18H21NOS/c1-12(17(11-20)21-2)19-18-15-9-5-3-7-13(15)14-8-4-6-10-16(14)18/h3-10,12,17-20H,11H2,1-2H3. The Labute approximate surface area is 130 Å². The van der Waals surface area contributed by atoms with E-state index in [4.69, 9.17) is 0 Å². The van der Waals surface area contributed by atoms with E-state index in [2.05, 4.69) is 67.0 Å². The van der Waals surface area contributed by atoms with Gasteiger partial charge in [0.05, 0.1) is 12.6 Å². The number of aliphatic hydroxyl groups is 1. The lowest BCUT2D eigenvalue weighted by Gasteiger charge is -2.26. The van der Waals surface area contributed by atoms with Crippen LogP contribution in [0.25, 0.3) is 11.1 Å². The predicted octanol–water partition coefficient (Wildman–Crippen LogP) is 3.46. The van der Waals surface area contributed by atoms with Crippen molar-refractivity contribution in [3.8, 4) is 11.1 Å². The predicted molar refractivity (Wildman–Crippen MR) is 90.7 cm³/mol. The molecule has 0 radical (unpaired) electrons. The van der Waals surface area contributed by atoms with Gasteiger partial charge in [-0.3, -0.25) is 0 Å². The largest absolute Gasteiger partial charge is 0.395 e. The van der Waals surface area contributed by atoms with E-state index < -0.39 is 0 Å². The molecule has 110 valence electrons. The van der Waals surface area contributed by atoms with Gasteiger partial charge in [-0.1, -0.05) is 48.5 Å². The Morgan fingerprint density at radius 2 is 1.57 bits per heavy atom. The number of hydrogen-bond donors (Lipinski definition) is 2. The molecule has 3 rings (SSSR count). The van der Waals surface area contributed by atoms with Crippen molar-refractivity contribution in [3.63, 3.8) is 0 Å². The summed E-state index contributed by atoms with van der Waals surface area (Å²) < 4.78 is 0. The summed E-state index contributed by atoms with van der Waals surface area (Å²) in [7, 11) is 0. The molecule has 2 aromatic rings. The third-order valence-corrected chi connectivity index (χ3v) is 5.47. The second kappa shape index (κ2) is 6.22. The van der Waals surface area contributed by atoms with Crippen LogP contribution >= 0.6 is 11.8 Å². The van der Waals surface area contributed by atoms with Crippen molar-refractivity contribution in [1.29, 1.82) is 0 Å². The van der Waals surface area contributed by atoms with Gasteiger partial charge in [0.25, 0.3) is 0 Å². The number of rotatable bonds is 5. The maximum atomic E-state index is 9.50. The minimum absolute atomic E-state index is 0.200. The van der Waals surface area contributed by atoms with Crippen LogP contribution in [0.5, 0.6) is 0 Å². The van der Waals surface area contributed by atoms with E-state index in [0.29, 0.717) is 0 Å². The SMILES string of the molecule is CSC(CO)C(C)NC1c2ccccc2-c2ccccc21. The average Bonchev–Trinajstić information content (AvgIpc) is 2.84. The zero-order valence-electron chi connectivity index (χ0n) is 12.4. The molecule has 2 nitrogen and oxygen atoms in total. The normalized spacial score (nSPS) is 16.3. The molecule has 0 aromatic heterocycles. The van der Waals surface area contributed by atoms with Gasteiger partial charge in [0.1, 0.15) is 0 Å². The Morgan fingerprint density at radius 3 is 2.05 bits per heavy atom. The highest BCUT2D eigenvalue weighted by molar-refractivity contribution is 7.99. The summed E-state index contributed by atoms with van der Waals surface area (Å²) in [6.07, 6.45) is 2.05. The third kappa shape index (κ3) is 2.61. The minimum Gasteiger partial charge on any atom is -0.395 e. The van der Waals surface area contributed by atoms with E-state index in [9.17, 15) is 5.11 Å². The summed E-state index contributed by atoms with van der Waals surface area (Å²) in [6.45, 7) is 2.35. The highest BCUT2D eigenvalue weighted by Gasteiger charge is 2.30. The molecule has 0 heterocycles. The van der Waals surface area contributed by atoms with Crippen molar-refractivity contribution in [2.45, 2.75) is 24.3 Å². The molecule has 3 heteroatoms. The topological polar surface area (TPSA) is 32.3 Å². The van der Waals surface area contributed by atoms with Crippen LogP contribution in [0.15, 0.2) is 48.5 Å². The third-order valence-electron chi connectivity index (χ3n) is 4.30.